The average molecular weight is 265 g/mol. The molecule has 1 aliphatic heterocycles. The molecule has 0 aromatic carbocycles. The molecule has 0 bridgehead atoms. The van der Waals surface area contributed by atoms with Crippen LogP contribution in [-0.4, -0.2) is 42.1 Å². The smallest absolute Gasteiger partial charge is 0.0965 e. The van der Waals surface area contributed by atoms with Crippen LogP contribution in [0.1, 0.15) is 37.1 Å². The molecule has 18 heavy (non-hydrogen) atoms. The summed E-state index contributed by atoms with van der Waals surface area (Å²) < 4.78 is 0. The van der Waals surface area contributed by atoms with Gasteiger partial charge in [0.25, 0.3) is 0 Å². The van der Waals surface area contributed by atoms with Gasteiger partial charge in [-0.05, 0) is 38.3 Å². The van der Waals surface area contributed by atoms with Crippen LogP contribution in [0.3, 0.4) is 0 Å². The van der Waals surface area contributed by atoms with Crippen molar-refractivity contribution in [2.75, 3.05) is 26.2 Å². The number of nitrogens with zero attached hydrogens (tertiary/aromatic N) is 2. The molecule has 0 radical (unpaired) electrons. The highest BCUT2D eigenvalue weighted by Gasteiger charge is 2.33. The van der Waals surface area contributed by atoms with Crippen LogP contribution in [0, 0.1) is 5.92 Å². The summed E-state index contributed by atoms with van der Waals surface area (Å²) in [5.74, 6) is 1.53. The lowest BCUT2D eigenvalue weighted by molar-refractivity contribution is 0.247. The van der Waals surface area contributed by atoms with E-state index in [-0.39, 0.29) is 0 Å². The van der Waals surface area contributed by atoms with Crippen molar-refractivity contribution in [2.24, 2.45) is 5.92 Å². The molecule has 2 atom stereocenters. The average Bonchev–Trinajstić information content (AvgIpc) is 3.10. The Kier molecular flexibility index (Phi) is 3.97. The fraction of sp³-hybridized carbons (Fsp3) is 0.786. The fourth-order valence-electron chi connectivity index (χ4n) is 2.95. The molecule has 2 aliphatic rings. The topological polar surface area (TPSA) is 28.2 Å². The van der Waals surface area contributed by atoms with Crippen LogP contribution < -0.4 is 5.32 Å². The molecular formula is C14H23N3S. The summed E-state index contributed by atoms with van der Waals surface area (Å²) in [4.78, 5) is 7.10. The van der Waals surface area contributed by atoms with Crippen molar-refractivity contribution in [3.05, 3.63) is 16.6 Å². The molecule has 0 spiro atoms. The first kappa shape index (κ1) is 12.6. The van der Waals surface area contributed by atoms with Crippen molar-refractivity contribution in [1.82, 2.24) is 15.2 Å². The van der Waals surface area contributed by atoms with E-state index in [2.05, 4.69) is 27.5 Å². The van der Waals surface area contributed by atoms with Gasteiger partial charge in [0.2, 0.25) is 0 Å². The van der Waals surface area contributed by atoms with Crippen LogP contribution in [0.4, 0.5) is 0 Å². The molecule has 3 rings (SSSR count). The Bertz CT molecular complexity index is 361. The van der Waals surface area contributed by atoms with Crippen molar-refractivity contribution in [3.63, 3.8) is 0 Å². The minimum atomic E-state index is 0.572. The van der Waals surface area contributed by atoms with Crippen LogP contribution in [0.25, 0.3) is 0 Å². The zero-order chi connectivity index (χ0) is 12.4. The molecule has 1 aromatic heterocycles. The summed E-state index contributed by atoms with van der Waals surface area (Å²) >= 11 is 1.79. The zero-order valence-corrected chi connectivity index (χ0v) is 12.0. The molecule has 1 aliphatic carbocycles. The number of rotatable bonds is 4. The fourth-order valence-corrected chi connectivity index (χ4v) is 3.64. The standard InChI is InChI=1S/C14H23N3S/c1-11(14-16-6-8-18-14)9-17-7-2-5-15-13(10-17)12-3-4-12/h6,8,11-13,15H,2-5,7,9-10H2,1H3. The highest BCUT2D eigenvalue weighted by atomic mass is 32.1. The number of hydrogen-bond donors (Lipinski definition) is 1. The quantitative estimate of drug-likeness (QED) is 0.905. The largest absolute Gasteiger partial charge is 0.312 e. The van der Waals surface area contributed by atoms with Gasteiger partial charge in [0.15, 0.2) is 0 Å². The number of nitrogens with one attached hydrogen (secondary N) is 1. The van der Waals surface area contributed by atoms with E-state index in [1.807, 2.05) is 6.20 Å². The minimum Gasteiger partial charge on any atom is -0.312 e. The van der Waals surface area contributed by atoms with E-state index in [1.54, 1.807) is 11.3 Å². The van der Waals surface area contributed by atoms with Crippen molar-refractivity contribution in [3.8, 4) is 0 Å². The van der Waals surface area contributed by atoms with Crippen LogP contribution in [0.15, 0.2) is 11.6 Å². The SMILES string of the molecule is CC(CN1CCCNC(C2CC2)C1)c1nccs1. The van der Waals surface area contributed by atoms with Crippen LogP contribution in [0.2, 0.25) is 0 Å². The van der Waals surface area contributed by atoms with E-state index >= 15 is 0 Å². The molecule has 1 N–H and O–H groups in total. The summed E-state index contributed by atoms with van der Waals surface area (Å²) in [5.41, 5.74) is 0. The molecule has 2 heterocycles. The van der Waals surface area contributed by atoms with Gasteiger partial charge in [-0.15, -0.1) is 11.3 Å². The molecule has 1 saturated heterocycles. The van der Waals surface area contributed by atoms with Crippen molar-refractivity contribution < 1.29 is 0 Å². The molecule has 0 amide bonds. The Morgan fingerprint density at radius 3 is 3.17 bits per heavy atom. The number of thiazole rings is 1. The first-order valence-corrected chi connectivity index (χ1v) is 8.06. The van der Waals surface area contributed by atoms with Crippen molar-refractivity contribution in [2.45, 2.75) is 38.1 Å². The van der Waals surface area contributed by atoms with E-state index in [9.17, 15) is 0 Å². The second kappa shape index (κ2) is 5.68. The van der Waals surface area contributed by atoms with Crippen molar-refractivity contribution in [1.29, 1.82) is 0 Å². The predicted molar refractivity (Wildman–Crippen MR) is 76.1 cm³/mol. The normalized spacial score (nSPS) is 27.9. The van der Waals surface area contributed by atoms with Crippen molar-refractivity contribution >= 4 is 11.3 Å². The molecule has 4 heteroatoms. The van der Waals surface area contributed by atoms with E-state index in [0.29, 0.717) is 5.92 Å². The highest BCUT2D eigenvalue weighted by Crippen LogP contribution is 2.33. The minimum absolute atomic E-state index is 0.572. The summed E-state index contributed by atoms with van der Waals surface area (Å²) in [6, 6.07) is 0.746. The van der Waals surface area contributed by atoms with Gasteiger partial charge in [0, 0.05) is 36.6 Å². The first-order valence-electron chi connectivity index (χ1n) is 7.18. The maximum absolute atomic E-state index is 4.45. The Hall–Kier alpha value is -0.450. The monoisotopic (exact) mass is 265 g/mol. The zero-order valence-electron chi connectivity index (χ0n) is 11.1. The summed E-state index contributed by atoms with van der Waals surface area (Å²) in [7, 11) is 0. The van der Waals surface area contributed by atoms with E-state index in [1.165, 1.54) is 50.4 Å². The highest BCUT2D eigenvalue weighted by molar-refractivity contribution is 7.09. The number of aromatic nitrogens is 1. The Morgan fingerprint density at radius 1 is 1.56 bits per heavy atom. The van der Waals surface area contributed by atoms with Gasteiger partial charge in [-0.3, -0.25) is 0 Å². The molecule has 2 unspecified atom stereocenters. The molecule has 100 valence electrons. The lowest BCUT2D eigenvalue weighted by Gasteiger charge is -2.26. The Morgan fingerprint density at radius 2 is 2.44 bits per heavy atom. The predicted octanol–water partition coefficient (Wildman–Crippen LogP) is 2.32. The third-order valence-corrected chi connectivity index (χ3v) is 5.12. The third kappa shape index (κ3) is 3.11. The van der Waals surface area contributed by atoms with Gasteiger partial charge < -0.3 is 10.2 Å². The maximum atomic E-state index is 4.45. The van der Waals surface area contributed by atoms with Gasteiger partial charge in [0.1, 0.15) is 0 Å². The van der Waals surface area contributed by atoms with E-state index in [4.69, 9.17) is 0 Å². The van der Waals surface area contributed by atoms with Crippen LogP contribution >= 0.6 is 11.3 Å². The Balaban J connectivity index is 1.57. The summed E-state index contributed by atoms with van der Waals surface area (Å²) in [6.07, 6.45) is 6.09. The number of hydrogen-bond acceptors (Lipinski definition) is 4. The maximum Gasteiger partial charge on any atom is 0.0965 e. The van der Waals surface area contributed by atoms with E-state index < -0.39 is 0 Å². The van der Waals surface area contributed by atoms with Gasteiger partial charge in [-0.25, -0.2) is 4.98 Å². The van der Waals surface area contributed by atoms with Gasteiger partial charge >= 0.3 is 0 Å². The lowest BCUT2D eigenvalue weighted by atomic mass is 10.1. The van der Waals surface area contributed by atoms with Crippen LogP contribution in [-0.2, 0) is 0 Å². The van der Waals surface area contributed by atoms with Gasteiger partial charge in [0.05, 0.1) is 5.01 Å². The Labute approximate surface area is 114 Å². The van der Waals surface area contributed by atoms with Gasteiger partial charge in [-0.2, -0.15) is 0 Å². The van der Waals surface area contributed by atoms with E-state index in [0.717, 1.165) is 12.0 Å². The molecular weight excluding hydrogens is 242 g/mol. The second-order valence-electron chi connectivity index (χ2n) is 5.78. The molecule has 1 aromatic rings. The molecule has 1 saturated carbocycles. The summed E-state index contributed by atoms with van der Waals surface area (Å²) in [6.45, 7) is 7.15. The second-order valence-corrected chi connectivity index (χ2v) is 6.71. The third-order valence-electron chi connectivity index (χ3n) is 4.11. The lowest BCUT2D eigenvalue weighted by Crippen LogP contribution is -2.40. The molecule has 2 fully saturated rings. The summed E-state index contributed by atoms with van der Waals surface area (Å²) in [5, 5.41) is 7.10. The van der Waals surface area contributed by atoms with Crippen LogP contribution in [0.5, 0.6) is 0 Å². The van der Waals surface area contributed by atoms with Gasteiger partial charge in [-0.1, -0.05) is 6.92 Å². The molecule has 3 nitrogen and oxygen atoms in total. The first-order chi connectivity index (χ1) is 8.83.